The molecule has 0 aromatic carbocycles. The molecule has 6 heterocycles. The minimum absolute atomic E-state index is 0.0388. The number of aromatic hydroxyl groups is 1. The summed E-state index contributed by atoms with van der Waals surface area (Å²) in [6, 6.07) is 0. The number of nitrogens with zero attached hydrogens (tertiary/aromatic N) is 7. The number of anilines is 1. The molecule has 0 spiro atoms. The van der Waals surface area contributed by atoms with Gasteiger partial charge in [0.05, 0.1) is 25.9 Å². The molecule has 2 aliphatic heterocycles. The minimum atomic E-state index is -4.74. The highest BCUT2D eigenvalue weighted by Crippen LogP contribution is 2.39. The molecule has 6 rings (SSSR count). The summed E-state index contributed by atoms with van der Waals surface area (Å²) in [6.07, 6.45) is -6.07. The van der Waals surface area contributed by atoms with Crippen LogP contribution < -0.4 is 11.3 Å². The van der Waals surface area contributed by atoms with Crippen molar-refractivity contribution in [1.82, 2.24) is 39.0 Å². The van der Waals surface area contributed by atoms with Gasteiger partial charge in [0.2, 0.25) is 11.8 Å². The molecular weight excluding hydrogens is 605 g/mol. The molecule has 4 aromatic rings. The summed E-state index contributed by atoms with van der Waals surface area (Å²) in [4.78, 5) is 50.5. The van der Waals surface area contributed by atoms with Gasteiger partial charge in [-0.05, 0) is 0 Å². The van der Waals surface area contributed by atoms with Gasteiger partial charge in [-0.1, -0.05) is 0 Å². The van der Waals surface area contributed by atoms with Gasteiger partial charge in [-0.3, -0.25) is 23.4 Å². The van der Waals surface area contributed by atoms with Crippen molar-refractivity contribution in [3.8, 4) is 5.88 Å². The molecule has 11 N–H and O–H groups in total. The number of aromatic nitrogens is 8. The summed E-state index contributed by atoms with van der Waals surface area (Å²) in [5.41, 5.74) is 5.35. The van der Waals surface area contributed by atoms with Crippen LogP contribution in [0.1, 0.15) is 12.5 Å². The summed E-state index contributed by atoms with van der Waals surface area (Å²) in [6.45, 7) is -1.07. The van der Waals surface area contributed by atoms with E-state index in [1.54, 1.807) is 0 Å². The van der Waals surface area contributed by atoms with Crippen LogP contribution in [-0.4, -0.2) is 129 Å². The first-order valence-electron chi connectivity index (χ1n) is 12.2. The first kappa shape index (κ1) is 30.8. The fraction of sp³-hybridized carbons (Fsp3) is 0.500. The van der Waals surface area contributed by atoms with Crippen LogP contribution in [0.15, 0.2) is 23.8 Å². The molecule has 4 aromatic heterocycles. The fourth-order valence-electron chi connectivity index (χ4n) is 4.53. The van der Waals surface area contributed by atoms with Crippen molar-refractivity contribution in [2.45, 2.75) is 49.1 Å². The van der Waals surface area contributed by atoms with Gasteiger partial charge in [0.25, 0.3) is 5.56 Å². The van der Waals surface area contributed by atoms with Crippen LogP contribution in [0.5, 0.6) is 5.88 Å². The van der Waals surface area contributed by atoms with Crippen molar-refractivity contribution in [1.29, 1.82) is 0 Å². The van der Waals surface area contributed by atoms with E-state index in [0.717, 1.165) is 6.33 Å². The van der Waals surface area contributed by atoms with E-state index < -0.39 is 75.7 Å². The summed E-state index contributed by atoms with van der Waals surface area (Å²) in [7, 11) is -4.74. The monoisotopic (exact) mass is 631 g/mol. The largest absolute Gasteiger partial charge is 0.492 e. The molecule has 0 amide bonds. The van der Waals surface area contributed by atoms with Gasteiger partial charge >= 0.3 is 7.82 Å². The maximum absolute atomic E-state index is 11.7. The average molecular weight is 631 g/mol. The fourth-order valence-corrected chi connectivity index (χ4v) is 4.87. The van der Waals surface area contributed by atoms with Crippen LogP contribution >= 0.6 is 7.82 Å². The number of phosphoric ester groups is 1. The summed E-state index contributed by atoms with van der Waals surface area (Å²) < 4.78 is 28.3. The maximum atomic E-state index is 11.7. The third-order valence-electron chi connectivity index (χ3n) is 6.60. The van der Waals surface area contributed by atoms with E-state index in [0.29, 0.717) is 0 Å². The normalized spacial score (nSPS) is 29.3. The van der Waals surface area contributed by atoms with E-state index in [1.165, 1.54) is 21.8 Å². The molecule has 23 heteroatoms. The van der Waals surface area contributed by atoms with Crippen molar-refractivity contribution in [3.63, 3.8) is 0 Å². The highest BCUT2D eigenvalue weighted by molar-refractivity contribution is 7.46. The summed E-state index contributed by atoms with van der Waals surface area (Å²) in [5.74, 6) is -0.459. The highest BCUT2D eigenvalue weighted by Gasteiger charge is 2.46. The number of phosphoric acid groups is 1. The third kappa shape index (κ3) is 5.93. The Balaban J connectivity index is 0.000000173. The van der Waals surface area contributed by atoms with Crippen LogP contribution in [0.2, 0.25) is 0 Å². The zero-order valence-corrected chi connectivity index (χ0v) is 22.4. The zero-order valence-electron chi connectivity index (χ0n) is 21.5. The van der Waals surface area contributed by atoms with Crippen LogP contribution in [-0.2, 0) is 18.6 Å². The summed E-state index contributed by atoms with van der Waals surface area (Å²) in [5, 5.41) is 58.3. The number of rotatable bonds is 6. The van der Waals surface area contributed by atoms with Crippen molar-refractivity contribution >= 4 is 36.1 Å². The number of H-pyrrole nitrogens is 1. The Morgan fingerprint density at radius 1 is 0.907 bits per heavy atom. The molecule has 0 aliphatic carbocycles. The first-order chi connectivity index (χ1) is 20.3. The first-order valence-corrected chi connectivity index (χ1v) is 13.8. The number of nitrogens with one attached hydrogen (secondary N) is 1. The number of hydrogen-bond acceptors (Lipinski definition) is 17. The third-order valence-corrected chi connectivity index (χ3v) is 7.09. The topological polar surface area (TPSA) is 340 Å². The maximum Gasteiger partial charge on any atom is 0.469 e. The Hall–Kier alpha value is -3.67. The zero-order chi connectivity index (χ0) is 31.2. The molecule has 22 nitrogen and oxygen atoms in total. The van der Waals surface area contributed by atoms with Gasteiger partial charge in [-0.15, -0.1) is 0 Å². The van der Waals surface area contributed by atoms with E-state index in [-0.39, 0.29) is 34.2 Å². The minimum Gasteiger partial charge on any atom is -0.492 e. The second-order valence-corrected chi connectivity index (χ2v) is 10.6. The van der Waals surface area contributed by atoms with Gasteiger partial charge < -0.3 is 55.6 Å². The quantitative estimate of drug-likeness (QED) is 0.0897. The number of aromatic amines is 1. The number of aliphatic hydroxyl groups excluding tert-OH is 5. The molecular formula is C20H26N9O13P. The molecule has 0 saturated carbocycles. The highest BCUT2D eigenvalue weighted by atomic mass is 31.2. The SMILES string of the molecule is Nc1nc2c(ncn2[C@@H]2O[C@H](CO)[C@@H](O)[C@H]2O)c(=O)[nH]1.O=P(O)(O)OC[C@H]1O[C@@H](n2cnc3c(O)ncnc32)[C@H](O)[C@@H]1O. The van der Waals surface area contributed by atoms with Gasteiger partial charge in [-0.25, -0.2) is 19.5 Å². The number of fused-ring (bicyclic) bond motifs is 2. The molecule has 2 saturated heterocycles. The van der Waals surface area contributed by atoms with Crippen LogP contribution in [0.4, 0.5) is 5.95 Å². The number of ether oxygens (including phenoxy) is 2. The molecule has 0 bridgehead atoms. The number of aliphatic hydroxyl groups is 5. The molecule has 2 fully saturated rings. The molecule has 2 aliphatic rings. The lowest BCUT2D eigenvalue weighted by molar-refractivity contribution is -0.0511. The van der Waals surface area contributed by atoms with Gasteiger partial charge in [0, 0.05) is 0 Å². The molecule has 234 valence electrons. The molecule has 43 heavy (non-hydrogen) atoms. The average Bonchev–Trinajstić information content (AvgIpc) is 3.70. The lowest BCUT2D eigenvalue weighted by Crippen LogP contribution is -2.33. The van der Waals surface area contributed by atoms with Crippen molar-refractivity contribution in [2.24, 2.45) is 0 Å². The van der Waals surface area contributed by atoms with Crippen LogP contribution in [0.3, 0.4) is 0 Å². The van der Waals surface area contributed by atoms with E-state index in [2.05, 4.69) is 34.4 Å². The number of nitrogens with two attached hydrogens (primary N) is 1. The van der Waals surface area contributed by atoms with Crippen molar-refractivity contribution < 1.29 is 59.0 Å². The molecule has 0 radical (unpaired) electrons. The van der Waals surface area contributed by atoms with Crippen LogP contribution in [0.25, 0.3) is 22.3 Å². The van der Waals surface area contributed by atoms with Crippen LogP contribution in [0, 0.1) is 0 Å². The van der Waals surface area contributed by atoms with E-state index >= 15 is 0 Å². The Kier molecular flexibility index (Phi) is 8.43. The second kappa shape index (κ2) is 11.8. The van der Waals surface area contributed by atoms with E-state index in [1.807, 2.05) is 0 Å². The second-order valence-electron chi connectivity index (χ2n) is 9.36. The predicted molar refractivity (Wildman–Crippen MR) is 136 cm³/mol. The van der Waals surface area contributed by atoms with E-state index in [4.69, 9.17) is 30.1 Å². The standard InChI is InChI=1S/C10H13N5O5.C10H13N4O8P/c11-10-13-7-4(8(19)14-10)12-2-15(7)9-6(18)5(17)3(1-16)20-9;15-6-4(1-21-23(18,19)20)22-10(7(6)16)14-3-13-5-8(14)11-2-12-9(5)17/h2-3,5-6,9,16-18H,1H2,(H3,11,13,14,19);2-4,6-7,10,15-16H,1H2,(H,11,12,17)(H2,18,19,20)/t3-,5-,6-,9-;4-,6-,7-,10-/m11/s1. The Bertz CT molecular complexity index is 1710. The molecule has 0 unspecified atom stereocenters. The van der Waals surface area contributed by atoms with Gasteiger partial charge in [0.1, 0.15) is 43.0 Å². The summed E-state index contributed by atoms with van der Waals surface area (Å²) >= 11 is 0. The molecule has 8 atom stereocenters. The Morgan fingerprint density at radius 2 is 1.49 bits per heavy atom. The lowest BCUT2D eigenvalue weighted by atomic mass is 10.1. The Morgan fingerprint density at radius 3 is 2.09 bits per heavy atom. The van der Waals surface area contributed by atoms with Crippen molar-refractivity contribution in [2.75, 3.05) is 18.9 Å². The Labute approximate surface area is 237 Å². The number of imidazole rings is 2. The number of hydrogen-bond donors (Lipinski definition) is 10. The number of nitrogen functional groups attached to an aromatic ring is 1. The van der Waals surface area contributed by atoms with Crippen molar-refractivity contribution in [3.05, 3.63) is 29.3 Å². The van der Waals surface area contributed by atoms with E-state index in [9.17, 15) is 34.9 Å². The predicted octanol–water partition coefficient (Wildman–Crippen LogP) is -4.43. The lowest BCUT2D eigenvalue weighted by Gasteiger charge is -2.16. The van der Waals surface area contributed by atoms with Gasteiger partial charge in [-0.2, -0.15) is 9.97 Å². The van der Waals surface area contributed by atoms with Gasteiger partial charge in [0.15, 0.2) is 34.8 Å². The smallest absolute Gasteiger partial charge is 0.469 e.